The first-order valence-corrected chi connectivity index (χ1v) is 4.67. The van der Waals surface area contributed by atoms with Crippen LogP contribution in [0.4, 0.5) is 0 Å². The standard InChI is InChI=1S/C11H13NO/c13-12-11-7-5-9-3-1-2-4-10(9)6-8-11/h1-4,13H,5-8H2. The molecule has 0 bridgehead atoms. The molecule has 1 aromatic rings. The molecule has 0 atom stereocenters. The highest BCUT2D eigenvalue weighted by Gasteiger charge is 2.10. The fourth-order valence-electron chi connectivity index (χ4n) is 1.83. The topological polar surface area (TPSA) is 32.6 Å². The smallest absolute Gasteiger partial charge is 0.0577 e. The van der Waals surface area contributed by atoms with E-state index in [1.54, 1.807) is 0 Å². The number of hydrogen-bond donors (Lipinski definition) is 1. The Labute approximate surface area is 77.9 Å². The van der Waals surface area contributed by atoms with Crippen molar-refractivity contribution >= 4 is 5.71 Å². The van der Waals surface area contributed by atoms with Crippen LogP contribution in [-0.2, 0) is 12.8 Å². The van der Waals surface area contributed by atoms with Crippen molar-refractivity contribution < 1.29 is 5.21 Å². The molecule has 1 aliphatic carbocycles. The van der Waals surface area contributed by atoms with Crippen LogP contribution in [0.25, 0.3) is 0 Å². The summed E-state index contributed by atoms with van der Waals surface area (Å²) in [4.78, 5) is 0. The average Bonchev–Trinajstić information content (AvgIpc) is 2.39. The molecule has 2 rings (SSSR count). The predicted molar refractivity (Wildman–Crippen MR) is 52.3 cm³/mol. The lowest BCUT2D eigenvalue weighted by molar-refractivity contribution is 0.316. The van der Waals surface area contributed by atoms with Gasteiger partial charge in [0.25, 0.3) is 0 Å². The van der Waals surface area contributed by atoms with Gasteiger partial charge in [-0.1, -0.05) is 29.4 Å². The molecule has 0 aromatic heterocycles. The zero-order valence-electron chi connectivity index (χ0n) is 7.53. The molecule has 0 saturated heterocycles. The maximum Gasteiger partial charge on any atom is 0.0577 e. The normalized spacial score (nSPS) is 16.2. The van der Waals surface area contributed by atoms with E-state index < -0.39 is 0 Å². The molecule has 0 radical (unpaired) electrons. The van der Waals surface area contributed by atoms with Crippen LogP contribution in [0.5, 0.6) is 0 Å². The van der Waals surface area contributed by atoms with Crippen LogP contribution in [0.1, 0.15) is 24.0 Å². The van der Waals surface area contributed by atoms with E-state index in [2.05, 4.69) is 29.4 Å². The van der Waals surface area contributed by atoms with E-state index in [9.17, 15) is 0 Å². The highest BCUT2D eigenvalue weighted by molar-refractivity contribution is 5.84. The predicted octanol–water partition coefficient (Wildman–Crippen LogP) is 2.40. The molecule has 0 heterocycles. The molecule has 0 fully saturated rings. The summed E-state index contributed by atoms with van der Waals surface area (Å²) in [5.74, 6) is 0. The van der Waals surface area contributed by atoms with Gasteiger partial charge in [-0.05, 0) is 36.8 Å². The molecule has 13 heavy (non-hydrogen) atoms. The van der Waals surface area contributed by atoms with Gasteiger partial charge in [-0.3, -0.25) is 0 Å². The maximum atomic E-state index is 8.68. The van der Waals surface area contributed by atoms with Crippen LogP contribution in [0, 0.1) is 0 Å². The average molecular weight is 175 g/mol. The van der Waals surface area contributed by atoms with Gasteiger partial charge in [0.15, 0.2) is 0 Å². The molecule has 1 aliphatic rings. The van der Waals surface area contributed by atoms with Crippen LogP contribution >= 0.6 is 0 Å². The van der Waals surface area contributed by atoms with Crippen LogP contribution in [0.2, 0.25) is 0 Å². The van der Waals surface area contributed by atoms with Crippen LogP contribution < -0.4 is 0 Å². The van der Waals surface area contributed by atoms with Crippen LogP contribution in [0.15, 0.2) is 29.4 Å². The lowest BCUT2D eigenvalue weighted by Gasteiger charge is -2.01. The molecular formula is C11H13NO. The Hall–Kier alpha value is -1.31. The van der Waals surface area contributed by atoms with Crippen molar-refractivity contribution in [3.63, 3.8) is 0 Å². The van der Waals surface area contributed by atoms with Gasteiger partial charge in [0.2, 0.25) is 0 Å². The number of nitrogens with zero attached hydrogens (tertiary/aromatic N) is 1. The first-order valence-electron chi connectivity index (χ1n) is 4.67. The van der Waals surface area contributed by atoms with Gasteiger partial charge in [0.1, 0.15) is 0 Å². The summed E-state index contributed by atoms with van der Waals surface area (Å²) in [6, 6.07) is 8.46. The van der Waals surface area contributed by atoms with Gasteiger partial charge in [-0.15, -0.1) is 0 Å². The van der Waals surface area contributed by atoms with Gasteiger partial charge < -0.3 is 5.21 Å². The Morgan fingerprint density at radius 3 is 1.92 bits per heavy atom. The Kier molecular flexibility index (Phi) is 2.30. The quantitative estimate of drug-likeness (QED) is 0.366. The molecule has 0 aliphatic heterocycles. The molecule has 1 N–H and O–H groups in total. The van der Waals surface area contributed by atoms with Crippen molar-refractivity contribution in [3.8, 4) is 0 Å². The van der Waals surface area contributed by atoms with Crippen LogP contribution in [-0.4, -0.2) is 10.9 Å². The fraction of sp³-hybridized carbons (Fsp3) is 0.364. The van der Waals surface area contributed by atoms with E-state index in [-0.39, 0.29) is 0 Å². The van der Waals surface area contributed by atoms with Gasteiger partial charge in [0.05, 0.1) is 5.71 Å². The van der Waals surface area contributed by atoms with Gasteiger partial charge >= 0.3 is 0 Å². The summed E-state index contributed by atoms with van der Waals surface area (Å²) in [5.41, 5.74) is 3.73. The minimum Gasteiger partial charge on any atom is -0.411 e. The van der Waals surface area contributed by atoms with E-state index in [1.165, 1.54) is 11.1 Å². The number of benzene rings is 1. The van der Waals surface area contributed by atoms with E-state index >= 15 is 0 Å². The highest BCUT2D eigenvalue weighted by atomic mass is 16.4. The van der Waals surface area contributed by atoms with E-state index in [0.717, 1.165) is 31.4 Å². The van der Waals surface area contributed by atoms with Crippen molar-refractivity contribution in [1.29, 1.82) is 0 Å². The van der Waals surface area contributed by atoms with Gasteiger partial charge in [0, 0.05) is 0 Å². The lowest BCUT2D eigenvalue weighted by atomic mass is 10.0. The summed E-state index contributed by atoms with van der Waals surface area (Å²) in [5, 5.41) is 12.0. The van der Waals surface area contributed by atoms with Crippen molar-refractivity contribution in [3.05, 3.63) is 35.4 Å². The second-order valence-corrected chi connectivity index (χ2v) is 3.43. The number of fused-ring (bicyclic) bond motifs is 1. The highest BCUT2D eigenvalue weighted by Crippen LogP contribution is 2.18. The summed E-state index contributed by atoms with van der Waals surface area (Å²) in [7, 11) is 0. The third-order valence-electron chi connectivity index (χ3n) is 2.63. The molecule has 2 heteroatoms. The zero-order valence-corrected chi connectivity index (χ0v) is 7.53. The molecule has 1 aromatic carbocycles. The Morgan fingerprint density at radius 1 is 0.923 bits per heavy atom. The van der Waals surface area contributed by atoms with Crippen LogP contribution in [0.3, 0.4) is 0 Å². The van der Waals surface area contributed by atoms with E-state index in [1.807, 2.05) is 0 Å². The molecule has 0 spiro atoms. The summed E-state index contributed by atoms with van der Waals surface area (Å²) < 4.78 is 0. The van der Waals surface area contributed by atoms with Crippen molar-refractivity contribution in [2.45, 2.75) is 25.7 Å². The Bertz CT molecular complexity index is 302. The first-order chi connectivity index (χ1) is 6.40. The molecule has 2 nitrogen and oxygen atoms in total. The Morgan fingerprint density at radius 2 is 1.46 bits per heavy atom. The SMILES string of the molecule is ON=C1CCc2ccccc2CC1. The zero-order chi connectivity index (χ0) is 9.10. The van der Waals surface area contributed by atoms with E-state index in [0.29, 0.717) is 0 Å². The number of aryl methyl sites for hydroxylation is 2. The molecule has 0 amide bonds. The molecule has 0 saturated carbocycles. The summed E-state index contributed by atoms with van der Waals surface area (Å²) in [6.45, 7) is 0. The number of rotatable bonds is 0. The minimum atomic E-state index is 0.896. The maximum absolute atomic E-state index is 8.68. The van der Waals surface area contributed by atoms with Crippen molar-refractivity contribution in [2.75, 3.05) is 0 Å². The minimum absolute atomic E-state index is 0.896. The summed E-state index contributed by atoms with van der Waals surface area (Å²) >= 11 is 0. The fourth-order valence-corrected chi connectivity index (χ4v) is 1.83. The van der Waals surface area contributed by atoms with Gasteiger partial charge in [-0.2, -0.15) is 0 Å². The second-order valence-electron chi connectivity index (χ2n) is 3.43. The van der Waals surface area contributed by atoms with E-state index in [4.69, 9.17) is 5.21 Å². The van der Waals surface area contributed by atoms with Crippen molar-refractivity contribution in [1.82, 2.24) is 0 Å². The number of hydrogen-bond acceptors (Lipinski definition) is 2. The third kappa shape index (κ3) is 1.72. The second kappa shape index (κ2) is 3.60. The Balaban J connectivity index is 2.26. The van der Waals surface area contributed by atoms with Gasteiger partial charge in [-0.25, -0.2) is 0 Å². The largest absolute Gasteiger partial charge is 0.411 e. The third-order valence-corrected chi connectivity index (χ3v) is 2.63. The first kappa shape index (κ1) is 8.30. The lowest BCUT2D eigenvalue weighted by Crippen LogP contribution is -1.97. The molecule has 0 unspecified atom stereocenters. The van der Waals surface area contributed by atoms with Crippen molar-refractivity contribution in [2.24, 2.45) is 5.16 Å². The monoisotopic (exact) mass is 175 g/mol. The molecule has 68 valence electrons. The number of oxime groups is 1. The molecular weight excluding hydrogens is 162 g/mol. The summed E-state index contributed by atoms with van der Waals surface area (Å²) in [6.07, 6.45) is 3.81.